The smallest absolute Gasteiger partial charge is 0.408 e. The molecule has 3 aromatic carbocycles. The lowest BCUT2D eigenvalue weighted by molar-refractivity contribution is -0.145. The van der Waals surface area contributed by atoms with Gasteiger partial charge in [0, 0.05) is 5.92 Å². The average molecular weight is 477 g/mol. The lowest BCUT2D eigenvalue weighted by atomic mass is 9.84. The van der Waals surface area contributed by atoms with E-state index in [1.165, 1.54) is 7.11 Å². The van der Waals surface area contributed by atoms with E-state index in [4.69, 9.17) is 9.47 Å². The molecule has 0 heterocycles. The van der Waals surface area contributed by atoms with Crippen LogP contribution in [0.2, 0.25) is 0 Å². The zero-order chi connectivity index (χ0) is 25.0. The predicted octanol–water partition coefficient (Wildman–Crippen LogP) is 2.76. The van der Waals surface area contributed by atoms with E-state index in [1.54, 1.807) is 12.1 Å². The van der Waals surface area contributed by atoms with Crippen molar-refractivity contribution in [1.29, 1.82) is 0 Å². The van der Waals surface area contributed by atoms with Gasteiger partial charge in [0.1, 0.15) is 18.7 Å². The van der Waals surface area contributed by atoms with Gasteiger partial charge in [-0.15, -0.1) is 0 Å². The Balaban J connectivity index is 1.77. The van der Waals surface area contributed by atoms with Crippen molar-refractivity contribution in [2.24, 2.45) is 0 Å². The maximum atomic E-state index is 13.0. The van der Waals surface area contributed by atoms with Crippen LogP contribution in [0.1, 0.15) is 22.6 Å². The topological polar surface area (TPSA) is 114 Å². The molecule has 0 aliphatic rings. The van der Waals surface area contributed by atoms with E-state index in [2.05, 4.69) is 10.6 Å². The highest BCUT2D eigenvalue weighted by atomic mass is 16.5. The first-order valence-corrected chi connectivity index (χ1v) is 11.1. The third kappa shape index (κ3) is 7.15. The number of alkyl carbamates (subject to hydrolysis) is 1. The molecule has 3 aromatic rings. The SMILES string of the molecule is COC(=O)[C@H](NC(=O)[C@H](CO)NC(=O)OCc1ccccc1)C(c1ccccc1)c1ccccc1. The van der Waals surface area contributed by atoms with Gasteiger partial charge in [-0.1, -0.05) is 91.0 Å². The van der Waals surface area contributed by atoms with Crippen LogP contribution in [-0.4, -0.2) is 48.9 Å². The lowest BCUT2D eigenvalue weighted by Crippen LogP contribution is -2.55. The van der Waals surface area contributed by atoms with Gasteiger partial charge in [0.2, 0.25) is 5.91 Å². The summed E-state index contributed by atoms with van der Waals surface area (Å²) in [5, 5.41) is 14.8. The highest BCUT2D eigenvalue weighted by Gasteiger charge is 2.35. The average Bonchev–Trinajstić information content (AvgIpc) is 2.91. The van der Waals surface area contributed by atoms with Gasteiger partial charge in [0.25, 0.3) is 0 Å². The molecule has 0 fully saturated rings. The number of carbonyl (C=O) groups excluding carboxylic acids is 3. The summed E-state index contributed by atoms with van der Waals surface area (Å²) in [6, 6.07) is 25.0. The molecule has 2 amide bonds. The van der Waals surface area contributed by atoms with E-state index in [0.29, 0.717) is 0 Å². The molecule has 8 nitrogen and oxygen atoms in total. The first-order chi connectivity index (χ1) is 17.0. The largest absolute Gasteiger partial charge is 0.467 e. The molecule has 0 aliphatic heterocycles. The molecule has 182 valence electrons. The third-order valence-corrected chi connectivity index (χ3v) is 5.41. The molecule has 35 heavy (non-hydrogen) atoms. The van der Waals surface area contributed by atoms with Crippen LogP contribution in [0.4, 0.5) is 4.79 Å². The van der Waals surface area contributed by atoms with Crippen molar-refractivity contribution in [3.63, 3.8) is 0 Å². The minimum Gasteiger partial charge on any atom is -0.467 e. The molecular formula is C27H28N2O6. The first-order valence-electron chi connectivity index (χ1n) is 11.1. The van der Waals surface area contributed by atoms with Crippen LogP contribution in [0.15, 0.2) is 91.0 Å². The number of rotatable bonds is 10. The lowest BCUT2D eigenvalue weighted by Gasteiger charge is -2.28. The summed E-state index contributed by atoms with van der Waals surface area (Å²) < 4.78 is 10.1. The number of amides is 2. The van der Waals surface area contributed by atoms with Gasteiger partial charge in [-0.25, -0.2) is 9.59 Å². The standard InChI is InChI=1S/C27H28N2O6/c1-34-26(32)24(23(20-13-7-3-8-14-20)21-15-9-4-10-16-21)29-25(31)22(17-30)28-27(33)35-18-19-11-5-2-6-12-19/h2-16,22-24,30H,17-18H2,1H3,(H,28,33)(H,29,31)/t22-,24+/m0/s1. The van der Waals surface area contributed by atoms with Crippen LogP contribution in [0.5, 0.6) is 0 Å². The number of ether oxygens (including phenoxy) is 2. The Bertz CT molecular complexity index is 1050. The second-order valence-electron chi connectivity index (χ2n) is 7.75. The molecule has 0 saturated carbocycles. The molecule has 3 rings (SSSR count). The van der Waals surface area contributed by atoms with Gasteiger partial charge in [-0.3, -0.25) is 4.79 Å². The van der Waals surface area contributed by atoms with E-state index in [-0.39, 0.29) is 6.61 Å². The molecule has 0 radical (unpaired) electrons. The second-order valence-corrected chi connectivity index (χ2v) is 7.75. The molecule has 0 aliphatic carbocycles. The van der Waals surface area contributed by atoms with Gasteiger partial charge in [0.05, 0.1) is 13.7 Å². The Labute approximate surface area is 203 Å². The fourth-order valence-electron chi connectivity index (χ4n) is 3.66. The van der Waals surface area contributed by atoms with Crippen molar-refractivity contribution in [1.82, 2.24) is 10.6 Å². The van der Waals surface area contributed by atoms with Gasteiger partial charge >= 0.3 is 12.1 Å². The number of methoxy groups -OCH3 is 1. The maximum Gasteiger partial charge on any atom is 0.408 e. The van der Waals surface area contributed by atoms with Crippen LogP contribution < -0.4 is 10.6 Å². The highest BCUT2D eigenvalue weighted by Crippen LogP contribution is 2.29. The Morgan fingerprint density at radius 1 is 0.800 bits per heavy atom. The third-order valence-electron chi connectivity index (χ3n) is 5.41. The first kappa shape index (κ1) is 25.5. The summed E-state index contributed by atoms with van der Waals surface area (Å²) in [6.07, 6.45) is -0.875. The Hall–Kier alpha value is -4.17. The van der Waals surface area contributed by atoms with Crippen LogP contribution in [0, 0.1) is 0 Å². The molecule has 0 aromatic heterocycles. The number of hydrogen-bond acceptors (Lipinski definition) is 6. The quantitative estimate of drug-likeness (QED) is 0.388. The van der Waals surface area contributed by atoms with Crippen molar-refractivity contribution in [2.75, 3.05) is 13.7 Å². The molecule has 8 heteroatoms. The molecular weight excluding hydrogens is 448 g/mol. The van der Waals surface area contributed by atoms with E-state index in [9.17, 15) is 19.5 Å². The summed E-state index contributed by atoms with van der Waals surface area (Å²) in [5.41, 5.74) is 2.34. The van der Waals surface area contributed by atoms with Crippen molar-refractivity contribution in [3.05, 3.63) is 108 Å². The maximum absolute atomic E-state index is 13.0. The van der Waals surface area contributed by atoms with Gasteiger partial charge in [0.15, 0.2) is 0 Å². The van der Waals surface area contributed by atoms with Crippen molar-refractivity contribution >= 4 is 18.0 Å². The van der Waals surface area contributed by atoms with E-state index in [1.807, 2.05) is 78.9 Å². The normalized spacial score (nSPS) is 12.3. The summed E-state index contributed by atoms with van der Waals surface area (Å²) in [6.45, 7) is -0.692. The predicted molar refractivity (Wildman–Crippen MR) is 129 cm³/mol. The van der Waals surface area contributed by atoms with Gasteiger partial charge in [-0.2, -0.15) is 0 Å². The van der Waals surface area contributed by atoms with E-state index >= 15 is 0 Å². The number of carbonyl (C=O) groups is 3. The number of aliphatic hydroxyl groups is 1. The monoisotopic (exact) mass is 476 g/mol. The van der Waals surface area contributed by atoms with Crippen LogP contribution in [0.25, 0.3) is 0 Å². The molecule has 0 spiro atoms. The van der Waals surface area contributed by atoms with Crippen LogP contribution in [0.3, 0.4) is 0 Å². The Morgan fingerprint density at radius 3 is 1.80 bits per heavy atom. The van der Waals surface area contributed by atoms with Gasteiger partial charge in [-0.05, 0) is 16.7 Å². The number of aliphatic hydroxyl groups excluding tert-OH is 1. The fraction of sp³-hybridized carbons (Fsp3) is 0.222. The fourth-order valence-corrected chi connectivity index (χ4v) is 3.66. The Morgan fingerprint density at radius 2 is 1.31 bits per heavy atom. The highest BCUT2D eigenvalue weighted by molar-refractivity contribution is 5.90. The summed E-state index contributed by atoms with van der Waals surface area (Å²) in [4.78, 5) is 38.1. The van der Waals surface area contributed by atoms with Crippen LogP contribution in [-0.2, 0) is 25.7 Å². The zero-order valence-corrected chi connectivity index (χ0v) is 19.3. The van der Waals surface area contributed by atoms with Crippen LogP contribution >= 0.6 is 0 Å². The Kier molecular flexibility index (Phi) is 9.39. The minimum absolute atomic E-state index is 0.00130. The van der Waals surface area contributed by atoms with E-state index in [0.717, 1.165) is 16.7 Å². The number of hydrogen-bond donors (Lipinski definition) is 3. The summed E-state index contributed by atoms with van der Waals surface area (Å²) in [7, 11) is 1.23. The number of benzene rings is 3. The minimum atomic E-state index is -1.34. The zero-order valence-electron chi connectivity index (χ0n) is 19.3. The van der Waals surface area contributed by atoms with Crippen molar-refractivity contribution in [2.45, 2.75) is 24.6 Å². The molecule has 2 atom stereocenters. The number of esters is 1. The molecule has 0 bridgehead atoms. The van der Waals surface area contributed by atoms with E-state index < -0.39 is 42.6 Å². The molecule has 3 N–H and O–H groups in total. The van der Waals surface area contributed by atoms with Crippen molar-refractivity contribution in [3.8, 4) is 0 Å². The van der Waals surface area contributed by atoms with Gasteiger partial charge < -0.3 is 25.2 Å². The molecule has 0 unspecified atom stereocenters. The summed E-state index contributed by atoms with van der Waals surface area (Å²) >= 11 is 0. The number of nitrogens with one attached hydrogen (secondary N) is 2. The molecule has 0 saturated heterocycles. The second kappa shape index (κ2) is 12.9. The summed E-state index contributed by atoms with van der Waals surface area (Å²) in [5.74, 6) is -1.99. The van der Waals surface area contributed by atoms with Crippen molar-refractivity contribution < 1.29 is 29.0 Å².